The van der Waals surface area contributed by atoms with Crippen molar-refractivity contribution in [2.45, 2.75) is 13.0 Å². The van der Waals surface area contributed by atoms with Crippen molar-refractivity contribution in [2.24, 2.45) is 0 Å². The average Bonchev–Trinajstić information content (AvgIpc) is 2.31. The first-order chi connectivity index (χ1) is 8.36. The lowest BCUT2D eigenvalue weighted by molar-refractivity contribution is -0.385. The number of benzene rings is 1. The number of carbonyl (C=O) groups is 1. The van der Waals surface area contributed by atoms with Gasteiger partial charge in [-0.15, -0.1) is 6.42 Å². The van der Waals surface area contributed by atoms with Crippen molar-refractivity contribution in [3.63, 3.8) is 0 Å². The van der Waals surface area contributed by atoms with Gasteiger partial charge in [-0.1, -0.05) is 5.92 Å². The Morgan fingerprint density at radius 2 is 2.06 bits per heavy atom. The number of nitro groups is 1. The fraction of sp³-hybridized carbons (Fsp3) is 0.182. The molecule has 18 heavy (non-hydrogen) atoms. The molecule has 0 spiro atoms. The largest absolute Gasteiger partial charge is 0.338 e. The summed E-state index contributed by atoms with van der Waals surface area (Å²) in [6, 6.07) is 0.127. The first-order valence-electron chi connectivity index (χ1n) is 4.77. The molecule has 1 atom stereocenters. The van der Waals surface area contributed by atoms with Crippen LogP contribution in [-0.4, -0.2) is 16.9 Å². The number of nitrogens with zero attached hydrogens (tertiary/aromatic N) is 1. The molecule has 0 saturated heterocycles. The Morgan fingerprint density at radius 3 is 2.56 bits per heavy atom. The molecule has 0 heterocycles. The van der Waals surface area contributed by atoms with E-state index in [1.165, 1.54) is 6.92 Å². The summed E-state index contributed by atoms with van der Waals surface area (Å²) in [4.78, 5) is 21.3. The molecule has 0 aliphatic carbocycles. The zero-order chi connectivity index (χ0) is 13.9. The molecule has 0 bridgehead atoms. The Balaban J connectivity index is 3.23. The summed E-state index contributed by atoms with van der Waals surface area (Å²) < 4.78 is 25.9. The van der Waals surface area contributed by atoms with Crippen molar-refractivity contribution in [3.05, 3.63) is 39.4 Å². The molecule has 1 N–H and O–H groups in total. The minimum absolute atomic E-state index is 0.352. The first-order valence-corrected chi connectivity index (χ1v) is 4.77. The maximum absolute atomic E-state index is 13.0. The van der Waals surface area contributed by atoms with Crippen LogP contribution < -0.4 is 5.32 Å². The maximum Gasteiger partial charge on any atom is 0.285 e. The molecule has 1 amide bonds. The van der Waals surface area contributed by atoms with Gasteiger partial charge in [0.1, 0.15) is 5.56 Å². The summed E-state index contributed by atoms with van der Waals surface area (Å²) >= 11 is 0. The van der Waals surface area contributed by atoms with E-state index < -0.39 is 39.8 Å². The van der Waals surface area contributed by atoms with Crippen molar-refractivity contribution in [2.75, 3.05) is 0 Å². The number of hydrogen-bond acceptors (Lipinski definition) is 3. The molecule has 0 radical (unpaired) electrons. The molecule has 1 aromatic carbocycles. The maximum atomic E-state index is 13.0. The van der Waals surface area contributed by atoms with Crippen LogP contribution >= 0.6 is 0 Å². The van der Waals surface area contributed by atoms with Crippen molar-refractivity contribution < 1.29 is 18.5 Å². The third-order valence-corrected chi connectivity index (χ3v) is 2.08. The van der Waals surface area contributed by atoms with Crippen molar-refractivity contribution in [1.29, 1.82) is 0 Å². The topological polar surface area (TPSA) is 72.2 Å². The number of amides is 1. The number of rotatable bonds is 3. The summed E-state index contributed by atoms with van der Waals surface area (Å²) in [5.74, 6) is -1.52. The van der Waals surface area contributed by atoms with Crippen LogP contribution in [0, 0.1) is 34.1 Å². The summed E-state index contributed by atoms with van der Waals surface area (Å²) in [5.41, 5.74) is -1.41. The highest BCUT2D eigenvalue weighted by atomic mass is 19.2. The SMILES string of the molecule is C#CC(C)NC(=O)c1cc(F)c(F)cc1[N+](=O)[O-]. The van der Waals surface area contributed by atoms with Crippen LogP contribution in [0.25, 0.3) is 0 Å². The fourth-order valence-electron chi connectivity index (χ4n) is 1.19. The van der Waals surface area contributed by atoms with E-state index in [1.807, 2.05) is 0 Å². The molecular formula is C11H8F2N2O3. The van der Waals surface area contributed by atoms with Crippen molar-refractivity contribution in [3.8, 4) is 12.3 Å². The molecule has 0 saturated carbocycles. The number of carbonyl (C=O) groups excluding carboxylic acids is 1. The van der Waals surface area contributed by atoms with Gasteiger partial charge in [-0.3, -0.25) is 14.9 Å². The molecule has 94 valence electrons. The highest BCUT2D eigenvalue weighted by Crippen LogP contribution is 2.22. The second-order valence-electron chi connectivity index (χ2n) is 3.40. The molecule has 7 heteroatoms. The number of nitrogens with one attached hydrogen (secondary N) is 1. The lowest BCUT2D eigenvalue weighted by atomic mass is 10.1. The Morgan fingerprint density at radius 1 is 1.50 bits per heavy atom. The van der Waals surface area contributed by atoms with Crippen molar-refractivity contribution >= 4 is 11.6 Å². The van der Waals surface area contributed by atoms with E-state index in [9.17, 15) is 23.7 Å². The van der Waals surface area contributed by atoms with E-state index in [1.54, 1.807) is 0 Å². The average molecular weight is 254 g/mol. The Hall–Kier alpha value is -2.49. The molecule has 0 fully saturated rings. The lowest BCUT2D eigenvalue weighted by Crippen LogP contribution is -2.31. The van der Waals surface area contributed by atoms with Gasteiger partial charge in [0.05, 0.1) is 17.0 Å². The monoisotopic (exact) mass is 254 g/mol. The lowest BCUT2D eigenvalue weighted by Gasteiger charge is -2.08. The molecule has 0 aliphatic rings. The highest BCUT2D eigenvalue weighted by Gasteiger charge is 2.24. The third-order valence-electron chi connectivity index (χ3n) is 2.08. The van der Waals surface area contributed by atoms with Gasteiger partial charge in [0.15, 0.2) is 11.6 Å². The Labute approximate surface area is 101 Å². The molecule has 1 rings (SSSR count). The van der Waals surface area contributed by atoms with Crippen LogP contribution in [0.3, 0.4) is 0 Å². The van der Waals surface area contributed by atoms with Crippen LogP contribution in [-0.2, 0) is 0 Å². The van der Waals surface area contributed by atoms with Gasteiger partial charge < -0.3 is 5.32 Å². The molecule has 1 aromatic rings. The van der Waals surface area contributed by atoms with E-state index in [0.29, 0.717) is 12.1 Å². The Kier molecular flexibility index (Phi) is 3.94. The van der Waals surface area contributed by atoms with Crippen LogP contribution in [0.4, 0.5) is 14.5 Å². The summed E-state index contributed by atoms with van der Waals surface area (Å²) in [5, 5.41) is 12.9. The van der Waals surface area contributed by atoms with Crippen molar-refractivity contribution in [1.82, 2.24) is 5.32 Å². The highest BCUT2D eigenvalue weighted by molar-refractivity contribution is 5.98. The quantitative estimate of drug-likeness (QED) is 0.506. The second-order valence-corrected chi connectivity index (χ2v) is 3.40. The molecular weight excluding hydrogens is 246 g/mol. The first kappa shape index (κ1) is 13.6. The minimum Gasteiger partial charge on any atom is -0.338 e. The smallest absolute Gasteiger partial charge is 0.285 e. The van der Waals surface area contributed by atoms with E-state index in [2.05, 4.69) is 11.2 Å². The van der Waals surface area contributed by atoms with E-state index in [4.69, 9.17) is 6.42 Å². The predicted molar refractivity (Wildman–Crippen MR) is 58.8 cm³/mol. The zero-order valence-electron chi connectivity index (χ0n) is 9.24. The summed E-state index contributed by atoms with van der Waals surface area (Å²) in [6.45, 7) is 1.46. The minimum atomic E-state index is -1.40. The van der Waals surface area contributed by atoms with Crippen LogP contribution in [0.5, 0.6) is 0 Å². The van der Waals surface area contributed by atoms with Gasteiger partial charge in [-0.2, -0.15) is 0 Å². The Bertz CT molecular complexity index is 552. The van der Waals surface area contributed by atoms with Gasteiger partial charge in [-0.05, 0) is 13.0 Å². The van der Waals surface area contributed by atoms with Gasteiger partial charge in [0.2, 0.25) is 0 Å². The third kappa shape index (κ3) is 2.79. The number of nitro benzene ring substituents is 1. The molecule has 0 aromatic heterocycles. The molecule has 5 nitrogen and oxygen atoms in total. The standard InChI is InChI=1S/C11H8F2N2O3/c1-3-6(2)14-11(16)7-4-8(12)9(13)5-10(7)15(17)18/h1,4-6H,2H3,(H,14,16). The second kappa shape index (κ2) is 5.23. The van der Waals surface area contributed by atoms with Crippen LogP contribution in [0.1, 0.15) is 17.3 Å². The van der Waals surface area contributed by atoms with E-state index in [-0.39, 0.29) is 0 Å². The van der Waals surface area contributed by atoms with Crippen LogP contribution in [0.2, 0.25) is 0 Å². The summed E-state index contributed by atoms with van der Waals surface area (Å²) in [7, 11) is 0. The predicted octanol–water partition coefficient (Wildman–Crippen LogP) is 1.62. The zero-order valence-corrected chi connectivity index (χ0v) is 9.24. The fourth-order valence-corrected chi connectivity index (χ4v) is 1.19. The van der Waals surface area contributed by atoms with Crippen LogP contribution in [0.15, 0.2) is 12.1 Å². The number of hydrogen-bond donors (Lipinski definition) is 1. The van der Waals surface area contributed by atoms with Gasteiger partial charge in [0, 0.05) is 0 Å². The number of terminal acetylenes is 1. The molecule has 1 unspecified atom stereocenters. The van der Waals surface area contributed by atoms with E-state index in [0.717, 1.165) is 0 Å². The van der Waals surface area contributed by atoms with Gasteiger partial charge in [0.25, 0.3) is 11.6 Å². The van der Waals surface area contributed by atoms with E-state index >= 15 is 0 Å². The van der Waals surface area contributed by atoms with Gasteiger partial charge >= 0.3 is 0 Å². The number of halogens is 2. The summed E-state index contributed by atoms with van der Waals surface area (Å²) in [6.07, 6.45) is 5.02. The van der Waals surface area contributed by atoms with Gasteiger partial charge in [-0.25, -0.2) is 8.78 Å². The normalized spacial score (nSPS) is 11.4. The molecule has 0 aliphatic heterocycles.